The molecule has 0 unspecified atom stereocenters. The van der Waals surface area contributed by atoms with Gasteiger partial charge in [-0.05, 0) is 36.4 Å². The Morgan fingerprint density at radius 1 is 0.429 bits per heavy atom. The van der Waals surface area contributed by atoms with E-state index in [1.165, 1.54) is 0 Å². The average Bonchev–Trinajstić information content (AvgIpc) is 2.51. The van der Waals surface area contributed by atoms with Gasteiger partial charge in [0.2, 0.25) is 0 Å². The summed E-state index contributed by atoms with van der Waals surface area (Å²) in [5.74, 6) is 2.97. The maximum atomic E-state index is 5.86. The Kier molecular flexibility index (Phi) is 5.41. The summed E-state index contributed by atoms with van der Waals surface area (Å²) in [4.78, 5) is 0. The molecule has 3 aromatic carbocycles. The molecule has 21 heavy (non-hydrogen) atoms. The minimum atomic E-state index is 0. The zero-order chi connectivity index (χ0) is 13.6. The smallest absolute Gasteiger partial charge is 0.169 e. The number of para-hydroxylation sites is 4. The fraction of sp³-hybridized carbons (Fsp3) is 0. The molecule has 0 aromatic heterocycles. The van der Waals surface area contributed by atoms with Crippen LogP contribution >= 0.6 is 17.0 Å². The Bertz CT molecular complexity index is 609. The van der Waals surface area contributed by atoms with Crippen LogP contribution in [0.3, 0.4) is 0 Å². The van der Waals surface area contributed by atoms with Crippen molar-refractivity contribution in [2.24, 2.45) is 0 Å². The van der Waals surface area contributed by atoms with Crippen LogP contribution in [0.25, 0.3) is 0 Å². The predicted molar refractivity (Wildman–Crippen MR) is 89.8 cm³/mol. The van der Waals surface area contributed by atoms with Gasteiger partial charge in [0.15, 0.2) is 11.5 Å². The molecule has 0 aliphatic rings. The number of rotatable bonds is 4. The van der Waals surface area contributed by atoms with Crippen molar-refractivity contribution >= 4 is 17.0 Å². The van der Waals surface area contributed by atoms with Crippen molar-refractivity contribution in [2.45, 2.75) is 0 Å². The molecule has 3 aromatic rings. The van der Waals surface area contributed by atoms with Crippen LogP contribution in [0, 0.1) is 0 Å². The Hall–Kier alpha value is -2.26. The highest BCUT2D eigenvalue weighted by Crippen LogP contribution is 2.34. The first-order valence-corrected chi connectivity index (χ1v) is 6.47. The van der Waals surface area contributed by atoms with Crippen LogP contribution in [0.2, 0.25) is 0 Å². The first kappa shape index (κ1) is 15.1. The molecule has 0 heterocycles. The number of ether oxygens (including phenoxy) is 2. The van der Waals surface area contributed by atoms with Gasteiger partial charge in [-0.2, -0.15) is 0 Å². The fourth-order valence-electron chi connectivity index (χ4n) is 1.85. The highest BCUT2D eigenvalue weighted by atomic mass is 79.9. The van der Waals surface area contributed by atoms with E-state index in [1.54, 1.807) is 0 Å². The monoisotopic (exact) mass is 342 g/mol. The van der Waals surface area contributed by atoms with Crippen molar-refractivity contribution in [3.05, 3.63) is 84.9 Å². The highest BCUT2D eigenvalue weighted by molar-refractivity contribution is 8.93. The van der Waals surface area contributed by atoms with Gasteiger partial charge in [0, 0.05) is 0 Å². The van der Waals surface area contributed by atoms with Crippen LogP contribution in [0.5, 0.6) is 23.0 Å². The van der Waals surface area contributed by atoms with Crippen LogP contribution in [0.4, 0.5) is 0 Å². The molecule has 0 spiro atoms. The Morgan fingerprint density at radius 3 is 1.14 bits per heavy atom. The zero-order valence-electron chi connectivity index (χ0n) is 11.3. The van der Waals surface area contributed by atoms with E-state index >= 15 is 0 Å². The highest BCUT2D eigenvalue weighted by Gasteiger charge is 2.06. The maximum absolute atomic E-state index is 5.86. The molecule has 2 nitrogen and oxygen atoms in total. The molecule has 0 aliphatic carbocycles. The van der Waals surface area contributed by atoms with Crippen molar-refractivity contribution in [2.75, 3.05) is 0 Å². The molecule has 0 N–H and O–H groups in total. The SMILES string of the molecule is Br.c1ccc(Oc2ccccc2Oc2ccccc2)cc1. The Morgan fingerprint density at radius 2 is 0.762 bits per heavy atom. The number of halogens is 1. The van der Waals surface area contributed by atoms with E-state index in [9.17, 15) is 0 Å². The molecule has 0 saturated heterocycles. The van der Waals surface area contributed by atoms with Gasteiger partial charge in [0.25, 0.3) is 0 Å². The fourth-order valence-corrected chi connectivity index (χ4v) is 1.85. The summed E-state index contributed by atoms with van der Waals surface area (Å²) in [5.41, 5.74) is 0. The molecule has 0 amide bonds. The van der Waals surface area contributed by atoms with Crippen molar-refractivity contribution < 1.29 is 9.47 Å². The van der Waals surface area contributed by atoms with Gasteiger partial charge in [0.05, 0.1) is 0 Å². The van der Waals surface area contributed by atoms with Gasteiger partial charge < -0.3 is 9.47 Å². The van der Waals surface area contributed by atoms with Gasteiger partial charge >= 0.3 is 0 Å². The number of hydrogen-bond acceptors (Lipinski definition) is 2. The van der Waals surface area contributed by atoms with Crippen LogP contribution in [-0.2, 0) is 0 Å². The Balaban J connectivity index is 0.00000161. The molecule has 0 aliphatic heterocycles. The first-order valence-electron chi connectivity index (χ1n) is 6.47. The van der Waals surface area contributed by atoms with E-state index in [1.807, 2.05) is 84.9 Å². The van der Waals surface area contributed by atoms with E-state index in [-0.39, 0.29) is 17.0 Å². The van der Waals surface area contributed by atoms with Crippen molar-refractivity contribution in [3.8, 4) is 23.0 Å². The molecule has 3 rings (SSSR count). The third kappa shape index (κ3) is 4.10. The lowest BCUT2D eigenvalue weighted by Crippen LogP contribution is -1.89. The van der Waals surface area contributed by atoms with Gasteiger partial charge in [-0.25, -0.2) is 0 Å². The van der Waals surface area contributed by atoms with E-state index in [2.05, 4.69) is 0 Å². The molecule has 3 heteroatoms. The van der Waals surface area contributed by atoms with Crippen molar-refractivity contribution in [3.63, 3.8) is 0 Å². The second-order valence-corrected chi connectivity index (χ2v) is 4.28. The van der Waals surface area contributed by atoms with Crippen LogP contribution < -0.4 is 9.47 Å². The minimum absolute atomic E-state index is 0. The average molecular weight is 343 g/mol. The summed E-state index contributed by atoms with van der Waals surface area (Å²) in [6, 6.07) is 27.0. The third-order valence-corrected chi connectivity index (χ3v) is 2.79. The second kappa shape index (κ2) is 7.50. The van der Waals surface area contributed by atoms with Crippen molar-refractivity contribution in [1.82, 2.24) is 0 Å². The van der Waals surface area contributed by atoms with Crippen molar-refractivity contribution in [1.29, 1.82) is 0 Å². The quantitative estimate of drug-likeness (QED) is 0.592. The number of benzene rings is 3. The standard InChI is InChI=1S/C18H14O2.BrH/c1-3-9-15(10-4-1)19-17-13-7-8-14-18(17)20-16-11-5-2-6-12-16;/h1-14H;1H. The summed E-state index contributed by atoms with van der Waals surface area (Å²) in [7, 11) is 0. The summed E-state index contributed by atoms with van der Waals surface area (Å²) in [6.45, 7) is 0. The summed E-state index contributed by atoms with van der Waals surface area (Å²) >= 11 is 0. The van der Waals surface area contributed by atoms with Gasteiger partial charge in [-0.15, -0.1) is 17.0 Å². The topological polar surface area (TPSA) is 18.5 Å². The summed E-state index contributed by atoms with van der Waals surface area (Å²) < 4.78 is 11.7. The Labute approximate surface area is 134 Å². The van der Waals surface area contributed by atoms with Crippen LogP contribution in [0.15, 0.2) is 84.9 Å². The molecule has 106 valence electrons. The molecular formula is C18H15BrO2. The predicted octanol–water partition coefficient (Wildman–Crippen LogP) is 5.85. The molecular weight excluding hydrogens is 328 g/mol. The van der Waals surface area contributed by atoms with Gasteiger partial charge in [-0.3, -0.25) is 0 Å². The summed E-state index contributed by atoms with van der Waals surface area (Å²) in [6.07, 6.45) is 0. The van der Waals surface area contributed by atoms with Gasteiger partial charge in [-0.1, -0.05) is 48.5 Å². The minimum Gasteiger partial charge on any atom is -0.453 e. The van der Waals surface area contributed by atoms with Crippen LogP contribution in [-0.4, -0.2) is 0 Å². The first-order chi connectivity index (χ1) is 9.92. The van der Waals surface area contributed by atoms with E-state index in [4.69, 9.17) is 9.47 Å². The lowest BCUT2D eigenvalue weighted by Gasteiger charge is -2.11. The molecule has 0 saturated carbocycles. The zero-order valence-corrected chi connectivity index (χ0v) is 13.0. The lowest BCUT2D eigenvalue weighted by molar-refractivity contribution is 0.419. The normalized spacial score (nSPS) is 9.52. The van der Waals surface area contributed by atoms with E-state index in [0.29, 0.717) is 11.5 Å². The van der Waals surface area contributed by atoms with Gasteiger partial charge in [0.1, 0.15) is 11.5 Å². The maximum Gasteiger partial charge on any atom is 0.169 e. The second-order valence-electron chi connectivity index (χ2n) is 4.28. The third-order valence-electron chi connectivity index (χ3n) is 2.79. The molecule has 0 atom stereocenters. The molecule has 0 bridgehead atoms. The molecule has 0 fully saturated rings. The lowest BCUT2D eigenvalue weighted by atomic mass is 10.3. The van der Waals surface area contributed by atoms with E-state index < -0.39 is 0 Å². The molecule has 0 radical (unpaired) electrons. The largest absolute Gasteiger partial charge is 0.453 e. The number of hydrogen-bond donors (Lipinski definition) is 0. The van der Waals surface area contributed by atoms with Crippen LogP contribution in [0.1, 0.15) is 0 Å². The van der Waals surface area contributed by atoms with E-state index in [0.717, 1.165) is 11.5 Å². The summed E-state index contributed by atoms with van der Waals surface area (Å²) in [5, 5.41) is 0.